The second-order valence-corrected chi connectivity index (χ2v) is 6.14. The first-order chi connectivity index (χ1) is 10.7. The van der Waals surface area contributed by atoms with Crippen LogP contribution in [0.15, 0.2) is 25.0 Å². The summed E-state index contributed by atoms with van der Waals surface area (Å²) >= 11 is 0. The highest BCUT2D eigenvalue weighted by molar-refractivity contribution is 5.92. The number of rotatable bonds is 2. The van der Waals surface area contributed by atoms with E-state index >= 15 is 0 Å². The Bertz CT molecular complexity index is 654. The van der Waals surface area contributed by atoms with Gasteiger partial charge in [-0.2, -0.15) is 5.10 Å². The summed E-state index contributed by atoms with van der Waals surface area (Å²) in [6, 6.07) is 0.875. The van der Waals surface area contributed by atoms with Crippen molar-refractivity contribution < 1.29 is 4.79 Å². The fourth-order valence-corrected chi connectivity index (χ4v) is 3.74. The summed E-state index contributed by atoms with van der Waals surface area (Å²) in [5.41, 5.74) is 1.27. The van der Waals surface area contributed by atoms with Gasteiger partial charge in [-0.25, -0.2) is 14.6 Å². The molecule has 2 aliphatic heterocycles. The van der Waals surface area contributed by atoms with Gasteiger partial charge in [-0.1, -0.05) is 0 Å². The van der Waals surface area contributed by atoms with Crippen LogP contribution in [-0.4, -0.2) is 47.6 Å². The average Bonchev–Trinajstić information content (AvgIpc) is 3.14. The fourth-order valence-electron chi connectivity index (χ4n) is 3.74. The minimum Gasteiger partial charge on any atom is -0.331 e. The maximum Gasteiger partial charge on any atom is 0.274 e. The van der Waals surface area contributed by atoms with Crippen molar-refractivity contribution >= 4 is 5.91 Å². The number of nitrogens with zero attached hydrogens (tertiary/aromatic N) is 6. The molecule has 2 bridgehead atoms. The van der Waals surface area contributed by atoms with E-state index in [0.717, 1.165) is 31.4 Å². The molecule has 7 heteroatoms. The molecule has 2 aliphatic rings. The smallest absolute Gasteiger partial charge is 0.274 e. The number of hydrogen-bond acceptors (Lipinski definition) is 5. The van der Waals surface area contributed by atoms with Gasteiger partial charge in [0.15, 0.2) is 0 Å². The highest BCUT2D eigenvalue weighted by atomic mass is 16.2. The molecule has 4 heterocycles. The molecule has 0 aromatic carbocycles. The van der Waals surface area contributed by atoms with Crippen LogP contribution in [0.4, 0.5) is 0 Å². The van der Waals surface area contributed by atoms with Crippen LogP contribution in [0.2, 0.25) is 0 Å². The third kappa shape index (κ3) is 2.17. The topological polar surface area (TPSA) is 76.8 Å². The molecule has 2 fully saturated rings. The summed E-state index contributed by atoms with van der Waals surface area (Å²) in [4.78, 5) is 27.2. The lowest BCUT2D eigenvalue weighted by molar-refractivity contribution is 0.0517. The van der Waals surface area contributed by atoms with Gasteiger partial charge in [0.25, 0.3) is 5.91 Å². The highest BCUT2D eigenvalue weighted by Gasteiger charge is 2.44. The molecule has 4 rings (SSSR count). The first kappa shape index (κ1) is 13.4. The van der Waals surface area contributed by atoms with Crippen molar-refractivity contribution in [3.63, 3.8) is 0 Å². The van der Waals surface area contributed by atoms with Crippen molar-refractivity contribution in [1.29, 1.82) is 0 Å². The summed E-state index contributed by atoms with van der Waals surface area (Å²) in [5, 5.41) is 4.25. The van der Waals surface area contributed by atoms with E-state index in [1.165, 1.54) is 0 Å². The van der Waals surface area contributed by atoms with Gasteiger partial charge in [0.1, 0.15) is 18.3 Å². The molecular weight excluding hydrogens is 280 g/mol. The molecule has 0 radical (unpaired) electrons. The zero-order chi connectivity index (χ0) is 15.1. The standard InChI is InChI=1S/C15H18N6O/c1-10-6-18-14(7-17-10)15(22)21-11-2-3-12(21)5-13(4-11)20-9-16-8-19-20/h6-9,11-13H,2-5H2,1H3. The largest absolute Gasteiger partial charge is 0.331 e. The Morgan fingerprint density at radius 3 is 2.50 bits per heavy atom. The Morgan fingerprint density at radius 2 is 1.91 bits per heavy atom. The van der Waals surface area contributed by atoms with E-state index in [4.69, 9.17) is 0 Å². The normalized spacial score (nSPS) is 27.1. The summed E-state index contributed by atoms with van der Waals surface area (Å²) in [7, 11) is 0. The zero-order valence-electron chi connectivity index (χ0n) is 12.5. The Hall–Kier alpha value is -2.31. The van der Waals surface area contributed by atoms with Crippen molar-refractivity contribution in [2.24, 2.45) is 0 Å². The maximum absolute atomic E-state index is 12.8. The van der Waals surface area contributed by atoms with Crippen LogP contribution in [0.1, 0.15) is 47.9 Å². The van der Waals surface area contributed by atoms with Gasteiger partial charge in [0.05, 0.1) is 17.9 Å². The number of amides is 1. The number of piperidine rings is 1. The van der Waals surface area contributed by atoms with E-state index in [1.807, 2.05) is 16.5 Å². The molecule has 0 spiro atoms. The number of aryl methyl sites for hydroxylation is 1. The first-order valence-electron chi connectivity index (χ1n) is 7.68. The second-order valence-electron chi connectivity index (χ2n) is 6.14. The molecular formula is C15H18N6O. The summed E-state index contributed by atoms with van der Waals surface area (Å²) in [5.74, 6) is 0.0111. The number of carbonyl (C=O) groups is 1. The second kappa shape index (κ2) is 5.15. The third-order valence-corrected chi connectivity index (χ3v) is 4.75. The third-order valence-electron chi connectivity index (χ3n) is 4.75. The lowest BCUT2D eigenvalue weighted by atomic mass is 9.97. The lowest BCUT2D eigenvalue weighted by Gasteiger charge is -2.38. The molecule has 0 saturated carbocycles. The maximum atomic E-state index is 12.8. The van der Waals surface area contributed by atoms with Crippen molar-refractivity contribution in [2.75, 3.05) is 0 Å². The van der Waals surface area contributed by atoms with E-state index in [0.29, 0.717) is 11.7 Å². The monoisotopic (exact) mass is 298 g/mol. The molecule has 7 nitrogen and oxygen atoms in total. The summed E-state index contributed by atoms with van der Waals surface area (Å²) < 4.78 is 1.93. The lowest BCUT2D eigenvalue weighted by Crippen LogP contribution is -2.47. The van der Waals surface area contributed by atoms with Gasteiger partial charge in [-0.15, -0.1) is 0 Å². The predicted octanol–water partition coefficient (Wildman–Crippen LogP) is 1.38. The van der Waals surface area contributed by atoms with Crippen molar-refractivity contribution in [2.45, 2.75) is 50.7 Å². The Balaban J connectivity index is 1.55. The minimum atomic E-state index is 0.0111. The molecule has 2 aromatic rings. The molecule has 1 amide bonds. The number of aromatic nitrogens is 5. The molecule has 114 valence electrons. The fraction of sp³-hybridized carbons (Fsp3) is 0.533. The zero-order valence-corrected chi connectivity index (χ0v) is 12.5. The van der Waals surface area contributed by atoms with Gasteiger partial charge in [0.2, 0.25) is 0 Å². The molecule has 0 aliphatic carbocycles. The predicted molar refractivity (Wildman–Crippen MR) is 78.0 cm³/mol. The molecule has 2 aromatic heterocycles. The van der Waals surface area contributed by atoms with Gasteiger partial charge in [-0.05, 0) is 32.6 Å². The molecule has 2 atom stereocenters. The average molecular weight is 298 g/mol. The SMILES string of the molecule is Cc1cnc(C(=O)N2C3CCC2CC(n2cncn2)C3)cn1. The minimum absolute atomic E-state index is 0.0111. The van der Waals surface area contributed by atoms with Crippen molar-refractivity contribution in [3.8, 4) is 0 Å². The van der Waals surface area contributed by atoms with Gasteiger partial charge >= 0.3 is 0 Å². The van der Waals surface area contributed by atoms with Crippen molar-refractivity contribution in [3.05, 3.63) is 36.4 Å². The summed E-state index contributed by atoms with van der Waals surface area (Å²) in [6.07, 6.45) is 10.6. The highest BCUT2D eigenvalue weighted by Crippen LogP contribution is 2.41. The summed E-state index contributed by atoms with van der Waals surface area (Å²) in [6.45, 7) is 1.87. The number of fused-ring (bicyclic) bond motifs is 2. The van der Waals surface area contributed by atoms with Crippen molar-refractivity contribution in [1.82, 2.24) is 29.6 Å². The number of hydrogen-bond donors (Lipinski definition) is 0. The van der Waals surface area contributed by atoms with Gasteiger partial charge in [0, 0.05) is 18.3 Å². The van der Waals surface area contributed by atoms with Crippen LogP contribution in [0.3, 0.4) is 0 Å². The van der Waals surface area contributed by atoms with Gasteiger partial charge < -0.3 is 4.90 Å². The Kier molecular flexibility index (Phi) is 3.13. The Morgan fingerprint density at radius 1 is 1.14 bits per heavy atom. The molecule has 2 unspecified atom stereocenters. The quantitative estimate of drug-likeness (QED) is 0.837. The van der Waals surface area contributed by atoms with Gasteiger partial charge in [-0.3, -0.25) is 9.78 Å². The van der Waals surface area contributed by atoms with E-state index in [9.17, 15) is 4.79 Å². The first-order valence-corrected chi connectivity index (χ1v) is 7.68. The van der Waals surface area contributed by atoms with Crippen LogP contribution >= 0.6 is 0 Å². The van der Waals surface area contributed by atoms with Crippen LogP contribution in [0.5, 0.6) is 0 Å². The van der Waals surface area contributed by atoms with E-state index in [2.05, 4.69) is 20.1 Å². The van der Waals surface area contributed by atoms with E-state index < -0.39 is 0 Å². The van der Waals surface area contributed by atoms with Crippen LogP contribution in [-0.2, 0) is 0 Å². The molecule has 22 heavy (non-hydrogen) atoms. The van der Waals surface area contributed by atoms with Crippen LogP contribution in [0.25, 0.3) is 0 Å². The molecule has 2 saturated heterocycles. The number of carbonyl (C=O) groups excluding carboxylic acids is 1. The van der Waals surface area contributed by atoms with E-state index in [1.54, 1.807) is 25.0 Å². The van der Waals surface area contributed by atoms with Crippen LogP contribution < -0.4 is 0 Å². The Labute approximate surface area is 128 Å². The molecule has 0 N–H and O–H groups in total. The van der Waals surface area contributed by atoms with Crippen LogP contribution in [0, 0.1) is 6.92 Å². The van der Waals surface area contributed by atoms with E-state index in [-0.39, 0.29) is 18.0 Å².